The van der Waals surface area contributed by atoms with Crippen molar-refractivity contribution in [1.82, 2.24) is 0 Å². The topological polar surface area (TPSA) is 20.2 Å². The van der Waals surface area contributed by atoms with Crippen LogP contribution in [0, 0.1) is 5.92 Å². The predicted octanol–water partition coefficient (Wildman–Crippen LogP) is 4.52. The fourth-order valence-corrected chi connectivity index (χ4v) is 2.86. The van der Waals surface area contributed by atoms with E-state index < -0.39 is 5.60 Å². The Bertz CT molecular complexity index is 350. The van der Waals surface area contributed by atoms with Gasteiger partial charge in [0.05, 0.1) is 5.60 Å². The van der Waals surface area contributed by atoms with Crippen LogP contribution in [0.3, 0.4) is 0 Å². The molecule has 17 heavy (non-hydrogen) atoms. The molecule has 1 aliphatic carbocycles. The molecule has 0 heterocycles. The molecule has 1 aromatic carbocycles. The summed E-state index contributed by atoms with van der Waals surface area (Å²) in [6, 6.07) is 7.55. The summed E-state index contributed by atoms with van der Waals surface area (Å²) in [5.74, 6) is 0.828. The first-order valence-corrected chi connectivity index (χ1v) is 6.94. The van der Waals surface area contributed by atoms with E-state index in [1.807, 2.05) is 31.2 Å². The van der Waals surface area contributed by atoms with Gasteiger partial charge in [-0.3, -0.25) is 0 Å². The molecule has 0 aliphatic heterocycles. The zero-order valence-electron chi connectivity index (χ0n) is 10.5. The lowest BCUT2D eigenvalue weighted by Crippen LogP contribution is -2.21. The van der Waals surface area contributed by atoms with Gasteiger partial charge in [0.15, 0.2) is 0 Å². The molecule has 1 saturated carbocycles. The summed E-state index contributed by atoms with van der Waals surface area (Å²) >= 11 is 5.86. The number of benzene rings is 1. The Kier molecular flexibility index (Phi) is 4.11. The first-order chi connectivity index (χ1) is 8.08. The van der Waals surface area contributed by atoms with Crippen LogP contribution in [0.5, 0.6) is 0 Å². The van der Waals surface area contributed by atoms with E-state index in [1.165, 1.54) is 25.7 Å². The molecule has 0 bridgehead atoms. The highest BCUT2D eigenvalue weighted by Gasteiger charge is 2.25. The van der Waals surface area contributed by atoms with Gasteiger partial charge in [-0.1, -0.05) is 49.4 Å². The van der Waals surface area contributed by atoms with Crippen molar-refractivity contribution >= 4 is 11.6 Å². The molecular formula is C15H21ClO. The maximum atomic E-state index is 10.5. The Hall–Kier alpha value is -0.530. The average molecular weight is 253 g/mol. The normalized spacial score (nSPS) is 20.4. The van der Waals surface area contributed by atoms with Crippen LogP contribution < -0.4 is 0 Å². The molecule has 0 saturated heterocycles. The van der Waals surface area contributed by atoms with Crippen molar-refractivity contribution < 1.29 is 5.11 Å². The van der Waals surface area contributed by atoms with Crippen LogP contribution >= 0.6 is 11.6 Å². The molecule has 1 aliphatic rings. The van der Waals surface area contributed by atoms with Crippen molar-refractivity contribution in [2.75, 3.05) is 0 Å². The third-order valence-electron chi connectivity index (χ3n) is 3.98. The molecule has 0 spiro atoms. The molecule has 2 heteroatoms. The summed E-state index contributed by atoms with van der Waals surface area (Å²) in [6.45, 7) is 1.91. The Morgan fingerprint density at radius 2 is 1.82 bits per heavy atom. The van der Waals surface area contributed by atoms with Gasteiger partial charge in [0, 0.05) is 5.02 Å². The van der Waals surface area contributed by atoms with Gasteiger partial charge in [0.25, 0.3) is 0 Å². The molecule has 0 aromatic heterocycles. The molecule has 94 valence electrons. The van der Waals surface area contributed by atoms with Gasteiger partial charge in [-0.25, -0.2) is 0 Å². The van der Waals surface area contributed by atoms with Gasteiger partial charge in [-0.15, -0.1) is 0 Å². The summed E-state index contributed by atoms with van der Waals surface area (Å²) in [4.78, 5) is 0. The van der Waals surface area contributed by atoms with E-state index in [-0.39, 0.29) is 0 Å². The summed E-state index contributed by atoms with van der Waals surface area (Å²) < 4.78 is 0. The molecule has 1 nitrogen and oxygen atoms in total. The summed E-state index contributed by atoms with van der Waals surface area (Å²) in [6.07, 6.45) is 7.41. The maximum absolute atomic E-state index is 10.5. The largest absolute Gasteiger partial charge is 0.385 e. The summed E-state index contributed by atoms with van der Waals surface area (Å²) in [5, 5.41) is 11.2. The fourth-order valence-electron chi connectivity index (χ4n) is 2.74. The average Bonchev–Trinajstić information content (AvgIpc) is 2.80. The molecule has 2 rings (SSSR count). The van der Waals surface area contributed by atoms with Crippen LogP contribution in [0.4, 0.5) is 0 Å². The second-order valence-electron chi connectivity index (χ2n) is 5.47. The lowest BCUT2D eigenvalue weighted by Gasteiger charge is -2.25. The van der Waals surface area contributed by atoms with Gasteiger partial charge in [-0.05, 0) is 43.4 Å². The van der Waals surface area contributed by atoms with E-state index in [4.69, 9.17) is 11.6 Å². The van der Waals surface area contributed by atoms with Gasteiger partial charge in [0.1, 0.15) is 0 Å². The van der Waals surface area contributed by atoms with E-state index in [2.05, 4.69) is 0 Å². The highest BCUT2D eigenvalue weighted by molar-refractivity contribution is 6.30. The van der Waals surface area contributed by atoms with Crippen molar-refractivity contribution in [3.63, 3.8) is 0 Å². The Morgan fingerprint density at radius 1 is 1.24 bits per heavy atom. The van der Waals surface area contributed by atoms with E-state index in [0.717, 1.165) is 29.3 Å². The number of aliphatic hydroxyl groups is 1. The quantitative estimate of drug-likeness (QED) is 0.836. The van der Waals surface area contributed by atoms with Crippen molar-refractivity contribution in [2.45, 2.75) is 51.0 Å². The fraction of sp³-hybridized carbons (Fsp3) is 0.600. The molecule has 1 N–H and O–H groups in total. The smallest absolute Gasteiger partial charge is 0.0868 e. The number of rotatable bonds is 4. The first-order valence-electron chi connectivity index (χ1n) is 6.56. The molecule has 0 amide bonds. The SMILES string of the molecule is CC(O)(CCC1CCCC1)c1ccc(Cl)cc1. The number of halogens is 1. The summed E-state index contributed by atoms with van der Waals surface area (Å²) in [5.41, 5.74) is 0.257. The molecule has 1 atom stereocenters. The van der Waals surface area contributed by atoms with Gasteiger partial charge in [0.2, 0.25) is 0 Å². The van der Waals surface area contributed by atoms with Gasteiger partial charge >= 0.3 is 0 Å². The van der Waals surface area contributed by atoms with Crippen molar-refractivity contribution in [1.29, 1.82) is 0 Å². The molecule has 0 radical (unpaired) electrons. The second kappa shape index (κ2) is 5.41. The van der Waals surface area contributed by atoms with E-state index in [1.54, 1.807) is 0 Å². The zero-order valence-corrected chi connectivity index (χ0v) is 11.2. The Labute approximate surface area is 109 Å². The minimum atomic E-state index is -0.715. The minimum Gasteiger partial charge on any atom is -0.385 e. The highest BCUT2D eigenvalue weighted by atomic mass is 35.5. The van der Waals surface area contributed by atoms with E-state index in [9.17, 15) is 5.11 Å². The van der Waals surface area contributed by atoms with Crippen molar-refractivity contribution in [3.8, 4) is 0 Å². The third-order valence-corrected chi connectivity index (χ3v) is 4.23. The first kappa shape index (κ1) is 12.9. The van der Waals surface area contributed by atoms with Crippen LogP contribution in [-0.2, 0) is 5.60 Å². The van der Waals surface area contributed by atoms with E-state index >= 15 is 0 Å². The molecule has 1 unspecified atom stereocenters. The lowest BCUT2D eigenvalue weighted by atomic mass is 9.87. The summed E-state index contributed by atoms with van der Waals surface area (Å²) in [7, 11) is 0. The van der Waals surface area contributed by atoms with Crippen LogP contribution in [-0.4, -0.2) is 5.11 Å². The molecular weight excluding hydrogens is 232 g/mol. The van der Waals surface area contributed by atoms with Gasteiger partial charge < -0.3 is 5.11 Å². The lowest BCUT2D eigenvalue weighted by molar-refractivity contribution is 0.0409. The van der Waals surface area contributed by atoms with Crippen molar-refractivity contribution in [2.24, 2.45) is 5.92 Å². The van der Waals surface area contributed by atoms with Crippen LogP contribution in [0.15, 0.2) is 24.3 Å². The standard InChI is InChI=1S/C15H21ClO/c1-15(17,11-10-12-4-2-3-5-12)13-6-8-14(16)9-7-13/h6-9,12,17H,2-5,10-11H2,1H3. The second-order valence-corrected chi connectivity index (χ2v) is 5.91. The van der Waals surface area contributed by atoms with Crippen LogP contribution in [0.1, 0.15) is 51.0 Å². The monoisotopic (exact) mass is 252 g/mol. The Morgan fingerprint density at radius 3 is 2.41 bits per heavy atom. The zero-order chi connectivity index (χ0) is 12.3. The minimum absolute atomic E-state index is 0.715. The van der Waals surface area contributed by atoms with Crippen LogP contribution in [0.25, 0.3) is 0 Å². The van der Waals surface area contributed by atoms with E-state index in [0.29, 0.717) is 0 Å². The highest BCUT2D eigenvalue weighted by Crippen LogP contribution is 2.34. The third kappa shape index (κ3) is 3.46. The number of hydrogen-bond acceptors (Lipinski definition) is 1. The van der Waals surface area contributed by atoms with Crippen molar-refractivity contribution in [3.05, 3.63) is 34.9 Å². The number of hydrogen-bond donors (Lipinski definition) is 1. The predicted molar refractivity (Wildman–Crippen MR) is 72.2 cm³/mol. The molecule has 1 fully saturated rings. The molecule has 1 aromatic rings. The maximum Gasteiger partial charge on any atom is 0.0868 e. The Balaban J connectivity index is 1.94. The van der Waals surface area contributed by atoms with Crippen LogP contribution in [0.2, 0.25) is 5.02 Å². The van der Waals surface area contributed by atoms with Gasteiger partial charge in [-0.2, -0.15) is 0 Å².